The average molecular weight is 304 g/mol. The van der Waals surface area contributed by atoms with Crippen molar-refractivity contribution in [1.82, 2.24) is 5.32 Å². The molecule has 96 valence electrons. The molecule has 5 heteroatoms. The SMILES string of the molecule is CNC(Cc1c(F)cccc1Cl)c1sccc1Cl. The van der Waals surface area contributed by atoms with Crippen molar-refractivity contribution in [3.05, 3.63) is 55.9 Å². The molecule has 0 bridgehead atoms. The van der Waals surface area contributed by atoms with Crippen molar-refractivity contribution in [2.24, 2.45) is 0 Å². The van der Waals surface area contributed by atoms with Gasteiger partial charge in [0, 0.05) is 21.5 Å². The van der Waals surface area contributed by atoms with Gasteiger partial charge >= 0.3 is 0 Å². The van der Waals surface area contributed by atoms with E-state index in [9.17, 15) is 4.39 Å². The third-order valence-electron chi connectivity index (χ3n) is 2.78. The zero-order chi connectivity index (χ0) is 13.1. The molecule has 2 aromatic rings. The summed E-state index contributed by atoms with van der Waals surface area (Å²) >= 11 is 13.7. The first kappa shape index (κ1) is 13.8. The van der Waals surface area contributed by atoms with Crippen LogP contribution >= 0.6 is 34.5 Å². The van der Waals surface area contributed by atoms with Gasteiger partial charge in [-0.05, 0) is 37.0 Å². The molecule has 0 radical (unpaired) electrons. The highest BCUT2D eigenvalue weighted by Gasteiger charge is 2.18. The Morgan fingerprint density at radius 3 is 2.61 bits per heavy atom. The van der Waals surface area contributed by atoms with E-state index in [1.165, 1.54) is 6.07 Å². The fourth-order valence-electron chi connectivity index (χ4n) is 1.81. The van der Waals surface area contributed by atoms with Crippen LogP contribution in [0.1, 0.15) is 16.5 Å². The summed E-state index contributed by atoms with van der Waals surface area (Å²) in [5.74, 6) is -0.282. The molecule has 1 heterocycles. The molecule has 1 aromatic heterocycles. The van der Waals surface area contributed by atoms with Crippen LogP contribution in [-0.2, 0) is 6.42 Å². The van der Waals surface area contributed by atoms with E-state index in [-0.39, 0.29) is 11.9 Å². The van der Waals surface area contributed by atoms with Gasteiger partial charge < -0.3 is 5.32 Å². The van der Waals surface area contributed by atoms with Gasteiger partial charge in [0.25, 0.3) is 0 Å². The molecule has 0 aliphatic heterocycles. The lowest BCUT2D eigenvalue weighted by atomic mass is 10.0. The van der Waals surface area contributed by atoms with Gasteiger partial charge in [-0.3, -0.25) is 0 Å². The lowest BCUT2D eigenvalue weighted by molar-refractivity contribution is 0.560. The number of hydrogen-bond acceptors (Lipinski definition) is 2. The Labute approximate surface area is 120 Å². The van der Waals surface area contributed by atoms with Crippen LogP contribution in [0.2, 0.25) is 10.0 Å². The minimum atomic E-state index is -0.282. The maximum Gasteiger partial charge on any atom is 0.127 e. The molecule has 0 saturated carbocycles. The van der Waals surface area contributed by atoms with Gasteiger partial charge in [-0.1, -0.05) is 29.3 Å². The Kier molecular flexibility index (Phi) is 4.62. The first-order chi connectivity index (χ1) is 8.63. The number of nitrogens with one attached hydrogen (secondary N) is 1. The Hall–Kier alpha value is -0.610. The fraction of sp³-hybridized carbons (Fsp3) is 0.231. The maximum absolute atomic E-state index is 13.7. The molecule has 1 N–H and O–H groups in total. The molecule has 0 amide bonds. The summed E-state index contributed by atoms with van der Waals surface area (Å²) in [6, 6.07) is 6.53. The predicted octanol–water partition coefficient (Wildman–Crippen LogP) is 4.70. The maximum atomic E-state index is 13.7. The zero-order valence-corrected chi connectivity index (χ0v) is 12.0. The van der Waals surface area contributed by atoms with Gasteiger partial charge in [0.05, 0.1) is 5.02 Å². The van der Waals surface area contributed by atoms with Crippen LogP contribution in [0, 0.1) is 5.82 Å². The second-order valence-corrected chi connectivity index (χ2v) is 5.64. The highest BCUT2D eigenvalue weighted by atomic mass is 35.5. The van der Waals surface area contributed by atoms with Crippen molar-refractivity contribution in [3.63, 3.8) is 0 Å². The monoisotopic (exact) mass is 303 g/mol. The molecule has 0 saturated heterocycles. The van der Waals surface area contributed by atoms with Crippen molar-refractivity contribution >= 4 is 34.5 Å². The van der Waals surface area contributed by atoms with E-state index in [0.717, 1.165) is 4.88 Å². The molecule has 1 atom stereocenters. The van der Waals surface area contributed by atoms with Crippen molar-refractivity contribution in [2.75, 3.05) is 7.05 Å². The minimum Gasteiger partial charge on any atom is -0.312 e. The van der Waals surface area contributed by atoms with Crippen LogP contribution in [0.3, 0.4) is 0 Å². The normalized spacial score (nSPS) is 12.7. The molecule has 1 unspecified atom stereocenters. The molecule has 18 heavy (non-hydrogen) atoms. The molecule has 1 aromatic carbocycles. The van der Waals surface area contributed by atoms with Gasteiger partial charge in [-0.15, -0.1) is 11.3 Å². The summed E-state index contributed by atoms with van der Waals surface area (Å²) in [7, 11) is 1.83. The zero-order valence-electron chi connectivity index (χ0n) is 9.71. The summed E-state index contributed by atoms with van der Waals surface area (Å²) < 4.78 is 13.7. The summed E-state index contributed by atoms with van der Waals surface area (Å²) in [6.45, 7) is 0. The van der Waals surface area contributed by atoms with E-state index in [0.29, 0.717) is 22.0 Å². The molecular formula is C13H12Cl2FNS. The van der Waals surface area contributed by atoms with Crippen LogP contribution in [-0.4, -0.2) is 7.05 Å². The van der Waals surface area contributed by atoms with Crippen molar-refractivity contribution in [1.29, 1.82) is 0 Å². The van der Waals surface area contributed by atoms with Crippen LogP contribution in [0.4, 0.5) is 4.39 Å². The Bertz CT molecular complexity index is 521. The molecule has 1 nitrogen and oxygen atoms in total. The summed E-state index contributed by atoms with van der Waals surface area (Å²) in [4.78, 5) is 0.999. The van der Waals surface area contributed by atoms with Crippen LogP contribution in [0.25, 0.3) is 0 Å². The van der Waals surface area contributed by atoms with Crippen molar-refractivity contribution in [3.8, 4) is 0 Å². The fourth-order valence-corrected chi connectivity index (χ4v) is 3.35. The minimum absolute atomic E-state index is 0.0353. The summed E-state index contributed by atoms with van der Waals surface area (Å²) in [5, 5.41) is 6.22. The van der Waals surface area contributed by atoms with Crippen molar-refractivity contribution < 1.29 is 4.39 Å². The van der Waals surface area contributed by atoms with E-state index >= 15 is 0 Å². The van der Waals surface area contributed by atoms with Gasteiger partial charge in [-0.2, -0.15) is 0 Å². The van der Waals surface area contributed by atoms with Gasteiger partial charge in [-0.25, -0.2) is 4.39 Å². The topological polar surface area (TPSA) is 12.0 Å². The quantitative estimate of drug-likeness (QED) is 0.863. The lowest BCUT2D eigenvalue weighted by Crippen LogP contribution is -2.18. The number of hydrogen-bond donors (Lipinski definition) is 1. The van der Waals surface area contributed by atoms with Gasteiger partial charge in [0.15, 0.2) is 0 Å². The molecule has 2 rings (SSSR count). The Morgan fingerprint density at radius 2 is 2.06 bits per heavy atom. The van der Waals surface area contributed by atoms with E-state index in [1.54, 1.807) is 23.5 Å². The summed E-state index contributed by atoms with van der Waals surface area (Å²) in [5.41, 5.74) is 0.517. The highest BCUT2D eigenvalue weighted by Crippen LogP contribution is 2.32. The number of rotatable bonds is 4. The molecule has 0 fully saturated rings. The average Bonchev–Trinajstić information content (AvgIpc) is 2.76. The van der Waals surface area contributed by atoms with Crippen LogP contribution in [0.5, 0.6) is 0 Å². The highest BCUT2D eigenvalue weighted by molar-refractivity contribution is 7.10. The smallest absolute Gasteiger partial charge is 0.127 e. The van der Waals surface area contributed by atoms with Crippen molar-refractivity contribution in [2.45, 2.75) is 12.5 Å². The molecule has 0 aliphatic carbocycles. The van der Waals surface area contributed by atoms with E-state index in [4.69, 9.17) is 23.2 Å². The molecule has 0 spiro atoms. The number of thiophene rings is 1. The first-order valence-corrected chi connectivity index (χ1v) is 7.10. The second-order valence-electron chi connectivity index (χ2n) is 3.88. The van der Waals surface area contributed by atoms with Gasteiger partial charge in [0.1, 0.15) is 5.82 Å². The van der Waals surface area contributed by atoms with E-state index in [1.807, 2.05) is 18.5 Å². The number of likely N-dealkylation sites (N-methyl/N-ethyl adjacent to an activating group) is 1. The molecular weight excluding hydrogens is 292 g/mol. The van der Waals surface area contributed by atoms with Gasteiger partial charge in [0.2, 0.25) is 0 Å². The lowest BCUT2D eigenvalue weighted by Gasteiger charge is -2.16. The molecule has 0 aliphatic rings. The first-order valence-electron chi connectivity index (χ1n) is 5.46. The second kappa shape index (κ2) is 6.02. The van der Waals surface area contributed by atoms with E-state index in [2.05, 4.69) is 5.32 Å². The Balaban J connectivity index is 2.29. The number of halogens is 3. The number of benzene rings is 1. The Morgan fingerprint density at radius 1 is 1.28 bits per heavy atom. The summed E-state index contributed by atoms with van der Waals surface area (Å²) in [6.07, 6.45) is 0.474. The van der Waals surface area contributed by atoms with E-state index < -0.39 is 0 Å². The third kappa shape index (κ3) is 2.86. The largest absolute Gasteiger partial charge is 0.312 e. The standard InChI is InChI=1S/C13H12Cl2FNS/c1-17-12(13-10(15)5-6-18-13)7-8-9(14)3-2-4-11(8)16/h2-6,12,17H,7H2,1H3. The predicted molar refractivity (Wildman–Crippen MR) is 76.2 cm³/mol. The van der Waals surface area contributed by atoms with Crippen LogP contribution < -0.4 is 5.32 Å². The van der Waals surface area contributed by atoms with Crippen LogP contribution in [0.15, 0.2) is 29.6 Å². The third-order valence-corrected chi connectivity index (χ3v) is 4.61.